The van der Waals surface area contributed by atoms with Gasteiger partial charge in [-0.2, -0.15) is 5.10 Å². The third-order valence-electron chi connectivity index (χ3n) is 5.26. The van der Waals surface area contributed by atoms with Crippen LogP contribution in [0.1, 0.15) is 27.8 Å². The van der Waals surface area contributed by atoms with Crippen LogP contribution in [0.2, 0.25) is 0 Å². The monoisotopic (exact) mass is 448 g/mol. The third-order valence-corrected chi connectivity index (χ3v) is 5.26. The van der Waals surface area contributed by atoms with Gasteiger partial charge in [0.15, 0.2) is 0 Å². The molecule has 2 aromatic carbocycles. The predicted molar refractivity (Wildman–Crippen MR) is 108 cm³/mol. The molecule has 3 aromatic rings. The molecule has 2 N–H and O–H groups in total. The van der Waals surface area contributed by atoms with Gasteiger partial charge in [0.05, 0.1) is 5.69 Å². The van der Waals surface area contributed by atoms with Gasteiger partial charge in [-0.25, -0.2) is 17.6 Å². The highest BCUT2D eigenvalue weighted by Crippen LogP contribution is 2.35. The first-order valence-corrected chi connectivity index (χ1v) is 9.86. The molecule has 0 bridgehead atoms. The smallest absolute Gasteiger partial charge is 0.255 e. The quantitative estimate of drug-likeness (QED) is 0.607. The maximum absolute atomic E-state index is 14.0. The van der Waals surface area contributed by atoms with Crippen LogP contribution < -0.4 is 10.5 Å². The highest BCUT2D eigenvalue weighted by Gasteiger charge is 2.34. The molecule has 1 aromatic heterocycles. The maximum atomic E-state index is 14.0. The molecule has 10 heteroatoms. The molecule has 4 rings (SSSR count). The third kappa shape index (κ3) is 4.05. The van der Waals surface area contributed by atoms with Crippen molar-refractivity contribution in [2.24, 2.45) is 12.8 Å². The minimum atomic E-state index is -0.955. The fourth-order valence-electron chi connectivity index (χ4n) is 3.96. The Balaban J connectivity index is 1.66. The Morgan fingerprint density at radius 2 is 1.81 bits per heavy atom. The van der Waals surface area contributed by atoms with Crippen molar-refractivity contribution in [3.8, 4) is 17.0 Å². The summed E-state index contributed by atoms with van der Waals surface area (Å²) >= 11 is 0. The number of carbonyl (C=O) groups excluding carboxylic acids is 1. The van der Waals surface area contributed by atoms with Crippen LogP contribution in [0.4, 0.5) is 17.6 Å². The maximum Gasteiger partial charge on any atom is 0.255 e. The molecule has 2 heterocycles. The van der Waals surface area contributed by atoms with E-state index < -0.39 is 36.2 Å². The lowest BCUT2D eigenvalue weighted by Crippen LogP contribution is -2.44. The second kappa shape index (κ2) is 8.62. The van der Waals surface area contributed by atoms with Crippen LogP contribution in [0, 0.1) is 17.5 Å². The highest BCUT2D eigenvalue weighted by molar-refractivity contribution is 5.95. The van der Waals surface area contributed by atoms with E-state index in [0.717, 1.165) is 18.2 Å². The van der Waals surface area contributed by atoms with E-state index in [0.29, 0.717) is 28.9 Å². The van der Waals surface area contributed by atoms with Crippen molar-refractivity contribution in [1.29, 1.82) is 0 Å². The van der Waals surface area contributed by atoms with Crippen molar-refractivity contribution >= 4 is 5.91 Å². The second-order valence-electron chi connectivity index (χ2n) is 7.40. The summed E-state index contributed by atoms with van der Waals surface area (Å²) in [5.41, 5.74) is 8.20. The van der Waals surface area contributed by atoms with Gasteiger partial charge in [-0.05, 0) is 30.7 Å². The Labute approximate surface area is 181 Å². The van der Waals surface area contributed by atoms with Crippen LogP contribution in [0.25, 0.3) is 11.3 Å². The zero-order valence-corrected chi connectivity index (χ0v) is 17.1. The van der Waals surface area contributed by atoms with E-state index in [1.54, 1.807) is 7.05 Å². The van der Waals surface area contributed by atoms with Crippen molar-refractivity contribution in [1.82, 2.24) is 14.7 Å². The van der Waals surface area contributed by atoms with E-state index in [4.69, 9.17) is 10.5 Å². The minimum absolute atomic E-state index is 0.00103. The van der Waals surface area contributed by atoms with Crippen LogP contribution >= 0.6 is 0 Å². The van der Waals surface area contributed by atoms with Crippen LogP contribution in [0.5, 0.6) is 5.75 Å². The average molecular weight is 448 g/mol. The summed E-state index contributed by atoms with van der Waals surface area (Å²) in [4.78, 5) is 14.4. The molecular weight excluding hydrogens is 428 g/mol. The fraction of sp³-hybridized carbons (Fsp3) is 0.273. The van der Waals surface area contributed by atoms with Gasteiger partial charge in [0.25, 0.3) is 5.91 Å². The first kappa shape index (κ1) is 21.8. The number of alkyl halides is 1. The second-order valence-corrected chi connectivity index (χ2v) is 7.40. The molecule has 1 atom stereocenters. The number of benzene rings is 2. The summed E-state index contributed by atoms with van der Waals surface area (Å²) in [6, 6.07) is 6.62. The molecule has 0 radical (unpaired) electrons. The number of aryl methyl sites for hydroxylation is 1. The van der Waals surface area contributed by atoms with E-state index in [-0.39, 0.29) is 24.5 Å². The van der Waals surface area contributed by atoms with Crippen molar-refractivity contribution in [3.63, 3.8) is 0 Å². The molecule has 1 aliphatic heterocycles. The van der Waals surface area contributed by atoms with Gasteiger partial charge in [0, 0.05) is 42.4 Å². The van der Waals surface area contributed by atoms with Crippen LogP contribution in [0.15, 0.2) is 36.4 Å². The summed E-state index contributed by atoms with van der Waals surface area (Å²) in [6.45, 7) is -0.835. The molecule has 32 heavy (non-hydrogen) atoms. The Morgan fingerprint density at radius 3 is 2.50 bits per heavy atom. The Morgan fingerprint density at radius 1 is 1.12 bits per heavy atom. The summed E-state index contributed by atoms with van der Waals surface area (Å²) < 4.78 is 60.4. The van der Waals surface area contributed by atoms with Crippen molar-refractivity contribution < 1.29 is 27.1 Å². The van der Waals surface area contributed by atoms with Gasteiger partial charge < -0.3 is 15.4 Å². The van der Waals surface area contributed by atoms with E-state index in [1.165, 1.54) is 27.8 Å². The zero-order valence-electron chi connectivity index (χ0n) is 17.1. The molecule has 1 aliphatic rings. The largest absolute Gasteiger partial charge is 0.491 e. The molecule has 0 aliphatic carbocycles. The molecule has 6 nitrogen and oxygen atoms in total. The van der Waals surface area contributed by atoms with Crippen LogP contribution in [-0.2, 0) is 13.5 Å². The lowest BCUT2D eigenvalue weighted by Gasteiger charge is -2.32. The van der Waals surface area contributed by atoms with Crippen LogP contribution in [0.3, 0.4) is 0 Å². The van der Waals surface area contributed by atoms with E-state index in [2.05, 4.69) is 5.10 Å². The highest BCUT2D eigenvalue weighted by atomic mass is 19.1. The van der Waals surface area contributed by atoms with Gasteiger partial charge >= 0.3 is 0 Å². The molecule has 0 saturated heterocycles. The lowest BCUT2D eigenvalue weighted by atomic mass is 9.97. The van der Waals surface area contributed by atoms with Crippen molar-refractivity contribution in [3.05, 3.63) is 70.7 Å². The Kier molecular flexibility index (Phi) is 5.88. The van der Waals surface area contributed by atoms with Crippen LogP contribution in [-0.4, -0.2) is 40.4 Å². The summed E-state index contributed by atoms with van der Waals surface area (Å²) in [6.07, 6.45) is -0.626. The number of fused-ring (bicyclic) bond motifs is 1. The minimum Gasteiger partial charge on any atom is -0.491 e. The van der Waals surface area contributed by atoms with E-state index >= 15 is 0 Å². The predicted octanol–water partition coefficient (Wildman–Crippen LogP) is 3.51. The summed E-state index contributed by atoms with van der Waals surface area (Å²) in [5, 5.41) is 4.38. The SMILES string of the molecule is Cn1nc2c(c1-c1cc(F)cc(F)c1)CCN(C(=O)c1cc(F)cc(OCCF)c1)[C@H]2N. The molecule has 0 spiro atoms. The molecule has 0 unspecified atom stereocenters. The number of halogens is 4. The normalized spacial score (nSPS) is 15.6. The number of aromatic nitrogens is 2. The molecule has 1 amide bonds. The molecule has 0 fully saturated rings. The number of ether oxygens (including phenoxy) is 1. The first-order chi connectivity index (χ1) is 15.3. The molecular formula is C22H20F4N4O2. The topological polar surface area (TPSA) is 73.4 Å². The number of nitrogens with zero attached hydrogens (tertiary/aromatic N) is 3. The van der Waals surface area contributed by atoms with Crippen molar-refractivity contribution in [2.75, 3.05) is 19.8 Å². The zero-order chi connectivity index (χ0) is 23.0. The molecule has 0 saturated carbocycles. The number of hydrogen-bond donors (Lipinski definition) is 1. The first-order valence-electron chi connectivity index (χ1n) is 9.86. The lowest BCUT2D eigenvalue weighted by molar-refractivity contribution is 0.0661. The fourth-order valence-corrected chi connectivity index (χ4v) is 3.96. The molecule has 168 valence electrons. The van der Waals surface area contributed by atoms with Gasteiger partial charge in [-0.1, -0.05) is 0 Å². The van der Waals surface area contributed by atoms with Crippen molar-refractivity contribution in [2.45, 2.75) is 12.6 Å². The van der Waals surface area contributed by atoms with E-state index in [9.17, 15) is 22.4 Å². The van der Waals surface area contributed by atoms with E-state index in [1.807, 2.05) is 0 Å². The number of amides is 1. The Bertz CT molecular complexity index is 1160. The Hall–Kier alpha value is -3.40. The number of rotatable bonds is 5. The van der Waals surface area contributed by atoms with Gasteiger partial charge in [0.2, 0.25) is 0 Å². The van der Waals surface area contributed by atoms with Gasteiger partial charge in [-0.3, -0.25) is 9.48 Å². The number of carbonyl (C=O) groups is 1. The summed E-state index contributed by atoms with van der Waals surface area (Å²) in [7, 11) is 1.62. The standard InChI is InChI=1S/C22H20F4N4O2/c1-29-20(12-6-14(24)10-15(25)7-12)18-2-4-30(21(27)19(18)28-29)22(31)13-8-16(26)11-17(9-13)32-5-3-23/h6-11,21H,2-5,27H2,1H3/t21-/m1/s1. The average Bonchev–Trinajstić information content (AvgIpc) is 3.08. The number of hydrogen-bond acceptors (Lipinski definition) is 4. The summed E-state index contributed by atoms with van der Waals surface area (Å²) in [5.74, 6) is -2.65. The van der Waals surface area contributed by atoms with Gasteiger partial charge in [-0.15, -0.1) is 0 Å². The number of nitrogens with two attached hydrogens (primary N) is 1. The van der Waals surface area contributed by atoms with Gasteiger partial charge in [0.1, 0.15) is 48.3 Å².